The molecule has 0 aliphatic carbocycles. The third-order valence-corrected chi connectivity index (χ3v) is 3.01. The van der Waals surface area contributed by atoms with Crippen molar-refractivity contribution in [3.8, 4) is 0 Å². The zero-order valence-corrected chi connectivity index (χ0v) is 11.8. The molecule has 114 valence electrons. The summed E-state index contributed by atoms with van der Waals surface area (Å²) in [6.07, 6.45) is -4.70. The fraction of sp³-hybridized carbons (Fsp3) is 0.273. The molecule has 0 unspecified atom stereocenters. The molecule has 1 rings (SSSR count). The van der Waals surface area contributed by atoms with E-state index in [1.807, 2.05) is 5.32 Å². The van der Waals surface area contributed by atoms with Crippen LogP contribution >= 0.6 is 15.9 Å². The van der Waals surface area contributed by atoms with Gasteiger partial charge in [-0.05, 0) is 22.0 Å². The number of halogens is 4. The van der Waals surface area contributed by atoms with E-state index in [1.165, 1.54) is 0 Å². The van der Waals surface area contributed by atoms with Crippen LogP contribution in [0.25, 0.3) is 0 Å². The second kappa shape index (κ2) is 6.66. The van der Waals surface area contributed by atoms with Crippen LogP contribution in [-0.4, -0.2) is 17.1 Å². The molecule has 6 nitrogen and oxygen atoms in total. The lowest BCUT2D eigenvalue weighted by Crippen LogP contribution is -2.14. The monoisotopic (exact) mass is 368 g/mol. The number of aldehydes is 1. The first-order valence-electron chi connectivity index (χ1n) is 5.45. The maximum absolute atomic E-state index is 12.7. The minimum atomic E-state index is -4.74. The lowest BCUT2D eigenvalue weighted by Gasteiger charge is -2.12. The van der Waals surface area contributed by atoms with Gasteiger partial charge in [0.15, 0.2) is 0 Å². The molecule has 10 heteroatoms. The fourth-order valence-electron chi connectivity index (χ4n) is 1.43. The summed E-state index contributed by atoms with van der Waals surface area (Å²) in [6, 6.07) is 1.14. The van der Waals surface area contributed by atoms with Gasteiger partial charge in [0.25, 0.3) is 5.69 Å². The van der Waals surface area contributed by atoms with Gasteiger partial charge in [-0.2, -0.15) is 13.2 Å². The van der Waals surface area contributed by atoms with Gasteiger partial charge >= 0.3 is 6.18 Å². The molecule has 0 saturated carbocycles. The van der Waals surface area contributed by atoms with Crippen LogP contribution in [-0.2, 0) is 15.8 Å². The van der Waals surface area contributed by atoms with Gasteiger partial charge in [0.1, 0.15) is 12.0 Å². The van der Waals surface area contributed by atoms with Crippen LogP contribution in [0.5, 0.6) is 0 Å². The minimum Gasteiger partial charge on any atom is -0.320 e. The van der Waals surface area contributed by atoms with E-state index < -0.39 is 38.4 Å². The number of hydrogen-bond donors (Lipinski definition) is 1. The molecule has 1 N–H and O–H groups in total. The number of alkyl halides is 3. The zero-order valence-electron chi connectivity index (χ0n) is 10.2. The van der Waals surface area contributed by atoms with Crippen LogP contribution in [0, 0.1) is 10.1 Å². The first kappa shape index (κ1) is 17.1. The lowest BCUT2D eigenvalue weighted by molar-refractivity contribution is -0.384. The Morgan fingerprint density at radius 2 is 2.05 bits per heavy atom. The van der Waals surface area contributed by atoms with Crippen molar-refractivity contribution in [1.29, 1.82) is 0 Å². The Hall–Kier alpha value is -1.97. The number of amides is 1. The molecule has 0 aliphatic rings. The van der Waals surface area contributed by atoms with Crippen molar-refractivity contribution >= 4 is 39.5 Å². The molecule has 1 amide bonds. The molecule has 0 spiro atoms. The van der Waals surface area contributed by atoms with Crippen LogP contribution in [0.4, 0.5) is 24.5 Å². The van der Waals surface area contributed by atoms with Crippen molar-refractivity contribution in [1.82, 2.24) is 0 Å². The van der Waals surface area contributed by atoms with Crippen molar-refractivity contribution < 1.29 is 27.7 Å². The average Bonchev–Trinajstić information content (AvgIpc) is 2.36. The van der Waals surface area contributed by atoms with Crippen molar-refractivity contribution in [2.45, 2.75) is 19.0 Å². The second-order valence-electron chi connectivity index (χ2n) is 3.86. The zero-order chi connectivity index (χ0) is 16.2. The summed E-state index contributed by atoms with van der Waals surface area (Å²) in [5.74, 6) is -0.791. The Morgan fingerprint density at radius 1 is 1.43 bits per heavy atom. The number of anilines is 1. The Kier molecular flexibility index (Phi) is 5.41. The van der Waals surface area contributed by atoms with Gasteiger partial charge in [0.2, 0.25) is 5.91 Å². The van der Waals surface area contributed by atoms with Gasteiger partial charge in [-0.25, -0.2) is 0 Å². The summed E-state index contributed by atoms with van der Waals surface area (Å²) in [5, 5.41) is 12.8. The highest BCUT2D eigenvalue weighted by atomic mass is 79.9. The smallest absolute Gasteiger partial charge is 0.320 e. The fourth-order valence-corrected chi connectivity index (χ4v) is 1.99. The number of rotatable bonds is 5. The highest BCUT2D eigenvalue weighted by Crippen LogP contribution is 2.40. The molecule has 21 heavy (non-hydrogen) atoms. The Balaban J connectivity index is 3.23. The van der Waals surface area contributed by atoms with Crippen LogP contribution < -0.4 is 5.32 Å². The van der Waals surface area contributed by atoms with E-state index in [0.717, 1.165) is 0 Å². The molecule has 0 atom stereocenters. The standard InChI is InChI=1S/C11H8BrF3N2O4/c12-7-5-9(17(20)21)8(4-6(7)11(13,14)15)16-10(19)2-1-3-18/h3-5H,1-2H2,(H,16,19). The third-order valence-electron chi connectivity index (χ3n) is 2.35. The topological polar surface area (TPSA) is 89.3 Å². The quantitative estimate of drug-likeness (QED) is 0.490. The van der Waals surface area contributed by atoms with Gasteiger partial charge in [0, 0.05) is 23.4 Å². The van der Waals surface area contributed by atoms with Crippen LogP contribution in [0.1, 0.15) is 18.4 Å². The van der Waals surface area contributed by atoms with Crippen LogP contribution in [0.2, 0.25) is 0 Å². The number of benzene rings is 1. The summed E-state index contributed by atoms with van der Waals surface area (Å²) < 4.78 is 37.7. The molecular formula is C11H8BrF3N2O4. The van der Waals surface area contributed by atoms with E-state index in [4.69, 9.17) is 0 Å². The highest BCUT2D eigenvalue weighted by molar-refractivity contribution is 9.10. The van der Waals surface area contributed by atoms with Crippen molar-refractivity contribution in [3.05, 3.63) is 32.3 Å². The predicted molar refractivity (Wildman–Crippen MR) is 69.7 cm³/mol. The molecule has 0 bridgehead atoms. The molecule has 0 aromatic heterocycles. The second-order valence-corrected chi connectivity index (χ2v) is 4.71. The van der Waals surface area contributed by atoms with Gasteiger partial charge in [-0.1, -0.05) is 0 Å². The van der Waals surface area contributed by atoms with Gasteiger partial charge in [-0.15, -0.1) is 0 Å². The van der Waals surface area contributed by atoms with E-state index in [0.29, 0.717) is 18.4 Å². The van der Waals surface area contributed by atoms with E-state index in [9.17, 15) is 32.9 Å². The van der Waals surface area contributed by atoms with Crippen LogP contribution in [0.3, 0.4) is 0 Å². The average molecular weight is 369 g/mol. The molecule has 1 aromatic rings. The third kappa shape index (κ3) is 4.52. The number of hydrogen-bond acceptors (Lipinski definition) is 4. The Bertz CT molecular complexity index is 590. The number of nitrogens with zero attached hydrogens (tertiary/aromatic N) is 1. The first-order chi connectivity index (χ1) is 9.66. The molecule has 0 fully saturated rings. The maximum atomic E-state index is 12.7. The molecule has 0 aliphatic heterocycles. The lowest BCUT2D eigenvalue weighted by atomic mass is 10.1. The maximum Gasteiger partial charge on any atom is 0.417 e. The van der Waals surface area contributed by atoms with Crippen molar-refractivity contribution in [2.24, 2.45) is 0 Å². The predicted octanol–water partition coefficient (Wildman–Crippen LogP) is 3.29. The summed E-state index contributed by atoms with van der Waals surface area (Å²) in [5.41, 5.74) is -2.42. The van der Waals surface area contributed by atoms with E-state index in [2.05, 4.69) is 15.9 Å². The van der Waals surface area contributed by atoms with Gasteiger partial charge in [0.05, 0.1) is 10.5 Å². The number of nitro benzene ring substituents is 1. The minimum absolute atomic E-state index is 0.137. The van der Waals surface area contributed by atoms with Gasteiger partial charge in [-0.3, -0.25) is 14.9 Å². The number of nitro groups is 1. The SMILES string of the molecule is O=CCCC(=O)Nc1cc(C(F)(F)F)c(Br)cc1[N+](=O)[O-]. The summed E-state index contributed by atoms with van der Waals surface area (Å²) in [6.45, 7) is 0. The molecular weight excluding hydrogens is 361 g/mol. The van der Waals surface area contributed by atoms with Crippen molar-refractivity contribution in [3.63, 3.8) is 0 Å². The highest BCUT2D eigenvalue weighted by Gasteiger charge is 2.35. The molecule has 1 aromatic carbocycles. The normalized spacial score (nSPS) is 11.0. The number of carbonyl (C=O) groups is 2. The Morgan fingerprint density at radius 3 is 2.52 bits per heavy atom. The first-order valence-corrected chi connectivity index (χ1v) is 6.24. The number of nitrogens with one attached hydrogen (secondary N) is 1. The van der Waals surface area contributed by atoms with E-state index >= 15 is 0 Å². The van der Waals surface area contributed by atoms with Crippen LogP contribution in [0.15, 0.2) is 16.6 Å². The largest absolute Gasteiger partial charge is 0.417 e. The van der Waals surface area contributed by atoms with E-state index in [1.54, 1.807) is 0 Å². The molecule has 0 radical (unpaired) electrons. The van der Waals surface area contributed by atoms with E-state index in [-0.39, 0.29) is 12.8 Å². The Labute approximate surface area is 124 Å². The molecule has 0 saturated heterocycles. The summed E-state index contributed by atoms with van der Waals surface area (Å²) in [7, 11) is 0. The van der Waals surface area contributed by atoms with Crippen molar-refractivity contribution in [2.75, 3.05) is 5.32 Å². The van der Waals surface area contributed by atoms with Gasteiger partial charge < -0.3 is 10.1 Å². The number of carbonyl (C=O) groups excluding carboxylic acids is 2. The molecule has 0 heterocycles. The summed E-state index contributed by atoms with van der Waals surface area (Å²) in [4.78, 5) is 31.4. The summed E-state index contributed by atoms with van der Waals surface area (Å²) >= 11 is 2.61.